The van der Waals surface area contributed by atoms with Crippen LogP contribution in [0.1, 0.15) is 16.1 Å². The molecule has 17 heavy (non-hydrogen) atoms. The number of carbonyl (C=O) groups is 1. The maximum Gasteiger partial charge on any atom is 0.287 e. The summed E-state index contributed by atoms with van der Waals surface area (Å²) < 4.78 is 0. The number of amides is 1. The Labute approximate surface area is 98.4 Å². The van der Waals surface area contributed by atoms with Crippen molar-refractivity contribution in [2.24, 2.45) is 0 Å². The number of aromatic amines is 1. The Balaban J connectivity index is 1.78. The number of hydrazine groups is 1. The average Bonchev–Trinajstić information content (AvgIpc) is 2.98. The van der Waals surface area contributed by atoms with E-state index < -0.39 is 0 Å². The maximum absolute atomic E-state index is 11.8. The Morgan fingerprint density at radius 2 is 2.24 bits per heavy atom. The highest BCUT2D eigenvalue weighted by molar-refractivity contribution is 5.93. The number of nitrogens with zero attached hydrogens (tertiary/aromatic N) is 2. The van der Waals surface area contributed by atoms with Crippen LogP contribution in [-0.2, 0) is 6.42 Å². The summed E-state index contributed by atoms with van der Waals surface area (Å²) >= 11 is 0. The lowest BCUT2D eigenvalue weighted by atomic mass is 10.2. The van der Waals surface area contributed by atoms with E-state index >= 15 is 0 Å². The van der Waals surface area contributed by atoms with E-state index in [1.807, 2.05) is 23.2 Å². The van der Waals surface area contributed by atoms with Gasteiger partial charge in [-0.1, -0.05) is 18.2 Å². The predicted molar refractivity (Wildman–Crippen MR) is 63.5 cm³/mol. The number of carbonyl (C=O) groups excluding carboxylic acids is 1. The molecule has 0 unspecified atom stereocenters. The van der Waals surface area contributed by atoms with Crippen molar-refractivity contribution in [3.63, 3.8) is 0 Å². The van der Waals surface area contributed by atoms with Crippen molar-refractivity contribution in [3.8, 4) is 0 Å². The molecule has 0 aliphatic carbocycles. The fraction of sp³-hybridized carbons (Fsp3) is 0.167. The van der Waals surface area contributed by atoms with E-state index in [-0.39, 0.29) is 5.91 Å². The minimum atomic E-state index is -0.167. The summed E-state index contributed by atoms with van der Waals surface area (Å²) in [5, 5.41) is 8.28. The summed E-state index contributed by atoms with van der Waals surface area (Å²) in [4.78, 5) is 11.8. The fourth-order valence-electron chi connectivity index (χ4n) is 2.02. The zero-order valence-corrected chi connectivity index (χ0v) is 9.18. The van der Waals surface area contributed by atoms with Gasteiger partial charge in [0.05, 0.1) is 5.69 Å². The Bertz CT molecular complexity index is 535. The first kappa shape index (κ1) is 9.89. The van der Waals surface area contributed by atoms with Crippen molar-refractivity contribution in [2.75, 3.05) is 11.6 Å². The highest BCUT2D eigenvalue weighted by Crippen LogP contribution is 2.25. The molecule has 0 fully saturated rings. The number of para-hydroxylation sites is 1. The normalized spacial score (nSPS) is 13.5. The molecular formula is C12H12N4O. The van der Waals surface area contributed by atoms with Gasteiger partial charge in [-0.25, -0.2) is 0 Å². The molecule has 2 heterocycles. The van der Waals surface area contributed by atoms with Crippen molar-refractivity contribution >= 4 is 11.6 Å². The van der Waals surface area contributed by atoms with Crippen molar-refractivity contribution < 1.29 is 4.79 Å². The minimum absolute atomic E-state index is 0.167. The molecule has 5 nitrogen and oxygen atoms in total. The lowest BCUT2D eigenvalue weighted by molar-refractivity contribution is 0.0945. The molecule has 1 aliphatic heterocycles. The number of aromatic nitrogens is 2. The molecular weight excluding hydrogens is 216 g/mol. The monoisotopic (exact) mass is 228 g/mol. The number of H-pyrrole nitrogens is 1. The molecule has 1 aromatic heterocycles. The van der Waals surface area contributed by atoms with Gasteiger partial charge in [0.25, 0.3) is 5.91 Å². The van der Waals surface area contributed by atoms with Gasteiger partial charge in [-0.3, -0.25) is 20.3 Å². The van der Waals surface area contributed by atoms with Crippen LogP contribution in [0.5, 0.6) is 0 Å². The molecule has 1 aromatic carbocycles. The summed E-state index contributed by atoms with van der Waals surface area (Å²) in [5.41, 5.74) is 5.66. The van der Waals surface area contributed by atoms with Crippen molar-refractivity contribution in [1.29, 1.82) is 0 Å². The van der Waals surface area contributed by atoms with Crippen LogP contribution in [-0.4, -0.2) is 22.6 Å². The second-order valence-corrected chi connectivity index (χ2v) is 3.94. The third kappa shape index (κ3) is 1.75. The molecule has 0 saturated carbocycles. The van der Waals surface area contributed by atoms with E-state index in [1.54, 1.807) is 12.3 Å². The SMILES string of the molecule is O=C(NN1CCc2ccccc21)c1ccn[nH]1. The number of anilines is 1. The van der Waals surface area contributed by atoms with Crippen molar-refractivity contribution in [2.45, 2.75) is 6.42 Å². The molecule has 3 rings (SSSR count). The summed E-state index contributed by atoms with van der Waals surface area (Å²) in [6.45, 7) is 0.805. The lowest BCUT2D eigenvalue weighted by Crippen LogP contribution is -2.41. The van der Waals surface area contributed by atoms with E-state index in [2.05, 4.69) is 21.7 Å². The second kappa shape index (κ2) is 3.93. The van der Waals surface area contributed by atoms with Crippen LogP contribution in [0.15, 0.2) is 36.5 Å². The van der Waals surface area contributed by atoms with Crippen LogP contribution >= 0.6 is 0 Å². The molecule has 0 spiro atoms. The summed E-state index contributed by atoms with van der Waals surface area (Å²) in [5.74, 6) is -0.167. The van der Waals surface area contributed by atoms with Gasteiger partial charge in [0.1, 0.15) is 5.69 Å². The number of nitrogens with one attached hydrogen (secondary N) is 2. The zero-order chi connectivity index (χ0) is 11.7. The number of hydrogen-bond acceptors (Lipinski definition) is 3. The second-order valence-electron chi connectivity index (χ2n) is 3.94. The summed E-state index contributed by atoms with van der Waals surface area (Å²) in [7, 11) is 0. The number of hydrogen-bond donors (Lipinski definition) is 2. The van der Waals surface area contributed by atoms with Crippen LogP contribution in [0.2, 0.25) is 0 Å². The van der Waals surface area contributed by atoms with Crippen LogP contribution in [0, 0.1) is 0 Å². The Morgan fingerprint density at radius 1 is 1.35 bits per heavy atom. The first-order valence-corrected chi connectivity index (χ1v) is 5.50. The first-order chi connectivity index (χ1) is 8.34. The third-order valence-corrected chi connectivity index (χ3v) is 2.87. The van der Waals surface area contributed by atoms with Gasteiger partial charge >= 0.3 is 0 Å². The van der Waals surface area contributed by atoms with Gasteiger partial charge in [0.15, 0.2) is 0 Å². The topological polar surface area (TPSA) is 61.0 Å². The van der Waals surface area contributed by atoms with E-state index in [9.17, 15) is 4.79 Å². The van der Waals surface area contributed by atoms with E-state index in [0.29, 0.717) is 5.69 Å². The lowest BCUT2D eigenvalue weighted by Gasteiger charge is -2.19. The fourth-order valence-corrected chi connectivity index (χ4v) is 2.02. The molecule has 0 radical (unpaired) electrons. The minimum Gasteiger partial charge on any atom is -0.285 e. The number of rotatable bonds is 2. The molecule has 1 amide bonds. The van der Waals surface area contributed by atoms with Gasteiger partial charge in [-0.05, 0) is 24.1 Å². The number of benzene rings is 1. The van der Waals surface area contributed by atoms with Crippen LogP contribution in [0.25, 0.3) is 0 Å². The third-order valence-electron chi connectivity index (χ3n) is 2.87. The standard InChI is InChI=1S/C12H12N4O/c17-12(10-5-7-13-14-10)15-16-8-6-9-3-1-2-4-11(9)16/h1-5,7H,6,8H2,(H,13,14)(H,15,17). The smallest absolute Gasteiger partial charge is 0.285 e. The molecule has 86 valence electrons. The Morgan fingerprint density at radius 3 is 3.06 bits per heavy atom. The zero-order valence-electron chi connectivity index (χ0n) is 9.18. The molecule has 2 N–H and O–H groups in total. The summed E-state index contributed by atoms with van der Waals surface area (Å²) in [6.07, 6.45) is 2.52. The molecule has 5 heteroatoms. The largest absolute Gasteiger partial charge is 0.287 e. The highest BCUT2D eigenvalue weighted by Gasteiger charge is 2.20. The van der Waals surface area contributed by atoms with Crippen molar-refractivity contribution in [3.05, 3.63) is 47.8 Å². The molecule has 0 bridgehead atoms. The van der Waals surface area contributed by atoms with E-state index in [0.717, 1.165) is 18.7 Å². The summed E-state index contributed by atoms with van der Waals surface area (Å²) in [6, 6.07) is 9.73. The van der Waals surface area contributed by atoms with Gasteiger partial charge in [0.2, 0.25) is 0 Å². The first-order valence-electron chi connectivity index (χ1n) is 5.50. The van der Waals surface area contributed by atoms with Gasteiger partial charge in [0, 0.05) is 12.7 Å². The van der Waals surface area contributed by atoms with Gasteiger partial charge < -0.3 is 0 Å². The number of fused-ring (bicyclic) bond motifs is 1. The highest BCUT2D eigenvalue weighted by atomic mass is 16.2. The molecule has 0 saturated heterocycles. The van der Waals surface area contributed by atoms with E-state index in [4.69, 9.17) is 0 Å². The quantitative estimate of drug-likeness (QED) is 0.809. The van der Waals surface area contributed by atoms with Crippen LogP contribution in [0.3, 0.4) is 0 Å². The van der Waals surface area contributed by atoms with Crippen LogP contribution < -0.4 is 10.4 Å². The Hall–Kier alpha value is -2.30. The van der Waals surface area contributed by atoms with Crippen LogP contribution in [0.4, 0.5) is 5.69 Å². The molecule has 1 aliphatic rings. The predicted octanol–water partition coefficient (Wildman–Crippen LogP) is 1.12. The van der Waals surface area contributed by atoms with Gasteiger partial charge in [-0.15, -0.1) is 0 Å². The van der Waals surface area contributed by atoms with Crippen molar-refractivity contribution in [1.82, 2.24) is 15.6 Å². The Kier molecular flexibility index (Phi) is 2.29. The van der Waals surface area contributed by atoms with E-state index in [1.165, 1.54) is 5.56 Å². The average molecular weight is 228 g/mol. The maximum atomic E-state index is 11.8. The molecule has 0 atom stereocenters. The van der Waals surface area contributed by atoms with Gasteiger partial charge in [-0.2, -0.15) is 5.10 Å². The molecule has 2 aromatic rings.